The van der Waals surface area contributed by atoms with Crippen LogP contribution in [-0.4, -0.2) is 65.2 Å². The van der Waals surface area contributed by atoms with Crippen LogP contribution in [-0.2, 0) is 41.9 Å². The highest BCUT2D eigenvalue weighted by molar-refractivity contribution is 7.98. The van der Waals surface area contributed by atoms with Gasteiger partial charge in [-0.25, -0.2) is 26.0 Å². The molecule has 0 amide bonds. The zero-order valence-corrected chi connectivity index (χ0v) is 23.8. The maximum atomic E-state index is 15.5. The molecule has 1 atom stereocenters. The minimum Gasteiger partial charge on any atom is -0.461 e. The molecule has 14 heteroatoms. The Morgan fingerprint density at radius 1 is 1.05 bits per heavy atom. The molecule has 0 spiro atoms. The van der Waals surface area contributed by atoms with E-state index in [1.54, 1.807) is 7.05 Å². The van der Waals surface area contributed by atoms with Crippen LogP contribution in [0, 0.1) is 5.82 Å². The van der Waals surface area contributed by atoms with Gasteiger partial charge in [0.15, 0.2) is 19.7 Å². The van der Waals surface area contributed by atoms with Crippen LogP contribution in [0.1, 0.15) is 29.5 Å². The second-order valence-electron chi connectivity index (χ2n) is 9.92. The Kier molecular flexibility index (Phi) is 8.67. The van der Waals surface area contributed by atoms with Crippen LogP contribution in [0.15, 0.2) is 70.4 Å². The number of nitrogens with zero attached hydrogens (tertiary/aromatic N) is 1. The van der Waals surface area contributed by atoms with Crippen molar-refractivity contribution in [3.05, 3.63) is 92.9 Å². The van der Waals surface area contributed by atoms with Crippen LogP contribution in [0.3, 0.4) is 0 Å². The van der Waals surface area contributed by atoms with Crippen molar-refractivity contribution < 1.29 is 43.9 Å². The summed E-state index contributed by atoms with van der Waals surface area (Å²) < 4.78 is 113. The Morgan fingerprint density at radius 2 is 1.73 bits per heavy atom. The van der Waals surface area contributed by atoms with Gasteiger partial charge in [-0.3, -0.25) is 4.90 Å². The molecule has 0 saturated heterocycles. The fraction of sp³-hybridized carbons (Fsp3) is 0.370. The molecule has 0 aromatic heterocycles. The lowest BCUT2D eigenvalue weighted by Crippen LogP contribution is -2.35. The lowest BCUT2D eigenvalue weighted by atomic mass is 9.85. The SMILES string of the molecule is CC1=C(C(=O)OCCN(C)Cc2ccccc2)C(c2cccc(C(F)(F)F)c2F)C2=C(CS(=O)(=O)CCS2(=O)=O)N1. The van der Waals surface area contributed by atoms with E-state index in [0.29, 0.717) is 12.6 Å². The molecule has 41 heavy (non-hydrogen) atoms. The maximum Gasteiger partial charge on any atom is 0.419 e. The first-order valence-corrected chi connectivity index (χ1v) is 16.0. The predicted molar refractivity (Wildman–Crippen MR) is 143 cm³/mol. The molecule has 2 aromatic carbocycles. The summed E-state index contributed by atoms with van der Waals surface area (Å²) in [5.74, 6) is -7.09. The number of sulfone groups is 2. The number of benzene rings is 2. The number of hydrogen-bond acceptors (Lipinski definition) is 8. The van der Waals surface area contributed by atoms with Crippen molar-refractivity contribution in [2.45, 2.75) is 25.6 Å². The molecule has 2 heterocycles. The van der Waals surface area contributed by atoms with E-state index in [9.17, 15) is 34.8 Å². The first-order chi connectivity index (χ1) is 19.1. The van der Waals surface area contributed by atoms with Crippen molar-refractivity contribution in [1.82, 2.24) is 10.2 Å². The fourth-order valence-corrected chi connectivity index (χ4v) is 9.01. The average molecular weight is 617 g/mol. The van der Waals surface area contributed by atoms with Crippen molar-refractivity contribution in [2.24, 2.45) is 0 Å². The number of hydrogen-bond donors (Lipinski definition) is 1. The highest BCUT2D eigenvalue weighted by atomic mass is 32.2. The van der Waals surface area contributed by atoms with E-state index >= 15 is 4.39 Å². The van der Waals surface area contributed by atoms with Crippen LogP contribution in [0.2, 0.25) is 0 Å². The van der Waals surface area contributed by atoms with Gasteiger partial charge in [-0.2, -0.15) is 13.2 Å². The van der Waals surface area contributed by atoms with Crippen LogP contribution >= 0.6 is 0 Å². The number of rotatable bonds is 7. The van der Waals surface area contributed by atoms with E-state index in [0.717, 1.165) is 17.7 Å². The number of ether oxygens (including phenoxy) is 1. The summed E-state index contributed by atoms with van der Waals surface area (Å²) in [6, 6.07) is 11.8. The van der Waals surface area contributed by atoms with Gasteiger partial charge in [-0.15, -0.1) is 0 Å². The van der Waals surface area contributed by atoms with Gasteiger partial charge in [0, 0.05) is 30.0 Å². The predicted octanol–water partition coefficient (Wildman–Crippen LogP) is 3.54. The average Bonchev–Trinajstić information content (AvgIpc) is 2.95. The molecule has 2 aliphatic heterocycles. The van der Waals surface area contributed by atoms with E-state index in [1.165, 1.54) is 6.92 Å². The zero-order chi connectivity index (χ0) is 30.2. The molecule has 222 valence electrons. The minimum atomic E-state index is -5.11. The highest BCUT2D eigenvalue weighted by Crippen LogP contribution is 2.45. The molecular formula is C27H28F4N2O6S2. The third-order valence-corrected chi connectivity index (χ3v) is 10.5. The second-order valence-corrected chi connectivity index (χ2v) is 14.2. The van der Waals surface area contributed by atoms with Gasteiger partial charge >= 0.3 is 12.1 Å². The second kappa shape index (κ2) is 11.6. The number of allylic oxidation sites excluding steroid dienone is 2. The molecule has 0 aliphatic carbocycles. The number of likely N-dealkylation sites (N-methyl/N-ethyl adjacent to an activating group) is 1. The summed E-state index contributed by atoms with van der Waals surface area (Å²) >= 11 is 0. The third-order valence-electron chi connectivity index (χ3n) is 6.82. The van der Waals surface area contributed by atoms with Gasteiger partial charge in [-0.1, -0.05) is 42.5 Å². The van der Waals surface area contributed by atoms with Gasteiger partial charge in [0.1, 0.15) is 12.4 Å². The van der Waals surface area contributed by atoms with Crippen LogP contribution in [0.4, 0.5) is 17.6 Å². The molecule has 1 N–H and O–H groups in total. The Hall–Kier alpha value is -3.23. The topological polar surface area (TPSA) is 110 Å². The maximum absolute atomic E-state index is 15.5. The van der Waals surface area contributed by atoms with E-state index in [-0.39, 0.29) is 24.5 Å². The lowest BCUT2D eigenvalue weighted by molar-refractivity contribution is -0.140. The summed E-state index contributed by atoms with van der Waals surface area (Å²) in [7, 11) is -6.63. The minimum absolute atomic E-state index is 0.0551. The monoisotopic (exact) mass is 616 g/mol. The zero-order valence-electron chi connectivity index (χ0n) is 22.2. The Balaban J connectivity index is 1.73. The molecule has 8 nitrogen and oxygen atoms in total. The summed E-state index contributed by atoms with van der Waals surface area (Å²) in [4.78, 5) is 14.6. The van der Waals surface area contributed by atoms with Crippen molar-refractivity contribution >= 4 is 25.6 Å². The number of carbonyl (C=O) groups is 1. The number of nitrogens with one attached hydrogen (secondary N) is 1. The van der Waals surface area contributed by atoms with E-state index < -0.39 is 82.4 Å². The smallest absolute Gasteiger partial charge is 0.419 e. The van der Waals surface area contributed by atoms with Crippen molar-refractivity contribution in [2.75, 3.05) is 37.5 Å². The fourth-order valence-electron chi connectivity index (χ4n) is 4.90. The molecule has 2 aromatic rings. The van der Waals surface area contributed by atoms with Crippen LogP contribution in [0.5, 0.6) is 0 Å². The van der Waals surface area contributed by atoms with Crippen molar-refractivity contribution in [3.8, 4) is 0 Å². The lowest BCUT2D eigenvalue weighted by Gasteiger charge is -2.31. The highest BCUT2D eigenvalue weighted by Gasteiger charge is 2.46. The molecule has 2 aliphatic rings. The molecule has 0 radical (unpaired) electrons. The summed E-state index contributed by atoms with van der Waals surface area (Å²) in [6.45, 7) is 1.95. The summed E-state index contributed by atoms with van der Waals surface area (Å²) in [5, 5.41) is 2.64. The number of halogens is 4. The number of esters is 1. The van der Waals surface area contributed by atoms with Crippen LogP contribution in [0.25, 0.3) is 0 Å². The largest absolute Gasteiger partial charge is 0.461 e. The molecule has 0 saturated carbocycles. The molecule has 0 bridgehead atoms. The van der Waals surface area contributed by atoms with Gasteiger partial charge in [0.05, 0.1) is 39.2 Å². The van der Waals surface area contributed by atoms with Gasteiger partial charge < -0.3 is 10.1 Å². The first-order valence-electron chi connectivity index (χ1n) is 12.5. The number of carbonyl (C=O) groups excluding carboxylic acids is 1. The van der Waals surface area contributed by atoms with Gasteiger partial charge in [-0.05, 0) is 25.6 Å². The summed E-state index contributed by atoms with van der Waals surface area (Å²) in [5.41, 5.74) is -2.19. The molecular weight excluding hydrogens is 588 g/mol. The van der Waals surface area contributed by atoms with E-state index in [1.807, 2.05) is 35.2 Å². The third kappa shape index (κ3) is 6.81. The first kappa shape index (κ1) is 30.7. The van der Waals surface area contributed by atoms with E-state index in [4.69, 9.17) is 4.74 Å². The van der Waals surface area contributed by atoms with Gasteiger partial charge in [0.2, 0.25) is 0 Å². The van der Waals surface area contributed by atoms with Crippen LogP contribution < -0.4 is 5.32 Å². The van der Waals surface area contributed by atoms with Crippen molar-refractivity contribution in [1.29, 1.82) is 0 Å². The normalized spacial score (nSPS) is 20.3. The molecule has 0 fully saturated rings. The number of alkyl halides is 3. The Labute approximate surface area is 235 Å². The number of dihydropyridines is 1. The Bertz CT molecular complexity index is 1620. The Morgan fingerprint density at radius 3 is 2.39 bits per heavy atom. The quantitative estimate of drug-likeness (QED) is 0.372. The summed E-state index contributed by atoms with van der Waals surface area (Å²) in [6.07, 6.45) is -5.11. The van der Waals surface area contributed by atoms with Gasteiger partial charge in [0.25, 0.3) is 0 Å². The standard InChI is InChI=1S/C27H28F4N2O6S2/c1-17-22(26(34)39-12-11-33(2)15-18-7-4-3-5-8-18)23(19-9-6-10-20(24(19)28)27(29,30)31)25-21(32-17)16-40(35,36)13-14-41(25,37)38/h3-10,23,32H,11-16H2,1-2H3. The molecule has 1 unspecified atom stereocenters. The van der Waals surface area contributed by atoms with Crippen molar-refractivity contribution in [3.63, 3.8) is 0 Å². The van der Waals surface area contributed by atoms with E-state index in [2.05, 4.69) is 5.32 Å². The molecule has 4 rings (SSSR count).